The minimum atomic E-state index is -4.89. The van der Waals surface area contributed by atoms with Crippen molar-refractivity contribution in [2.45, 2.75) is 32.5 Å². The molecular weight excluding hydrogens is 330 g/mol. The van der Waals surface area contributed by atoms with Crippen LogP contribution in [-0.4, -0.2) is 17.6 Å². The van der Waals surface area contributed by atoms with E-state index in [1.54, 1.807) is 13.8 Å². The molecule has 0 aliphatic rings. The number of aromatic nitrogens is 1. The highest BCUT2D eigenvalue weighted by molar-refractivity contribution is 5.94. The molecule has 1 aromatic heterocycles. The topological polar surface area (TPSA) is 48.3 Å². The lowest BCUT2D eigenvalue weighted by Gasteiger charge is -2.20. The van der Waals surface area contributed by atoms with E-state index in [4.69, 9.17) is 0 Å². The largest absolute Gasteiger partial charge is 0.465 e. The monoisotopic (exact) mass is 345 g/mol. The molecule has 0 bridgehead atoms. The maximum Gasteiger partial charge on any atom is 0.419 e. The summed E-state index contributed by atoms with van der Waals surface area (Å²) in [5.74, 6) is -2.50. The average molecular weight is 345 g/mol. The summed E-state index contributed by atoms with van der Waals surface area (Å²) in [6.45, 7) is 3.50. The zero-order valence-electron chi connectivity index (χ0n) is 13.2. The predicted molar refractivity (Wildman–Crippen MR) is 79.5 cm³/mol. The molecule has 0 radical (unpaired) electrons. The highest BCUT2D eigenvalue weighted by atomic mass is 19.4. The van der Waals surface area contributed by atoms with Crippen LogP contribution >= 0.6 is 0 Å². The lowest BCUT2D eigenvalue weighted by molar-refractivity contribution is -0.139. The SMILES string of the molecule is CCC(C)n1cc(C(=O)OC)c(=O)c2cc(F)c(C(F)(F)F)cc21. The molecule has 1 aromatic carbocycles. The first-order chi connectivity index (χ1) is 11.1. The van der Waals surface area contributed by atoms with Crippen LogP contribution in [0.2, 0.25) is 0 Å². The standard InChI is InChI=1S/C16H15F4NO3/c1-4-8(2)21-7-10(15(23)24-3)14(22)9-5-12(17)11(6-13(9)21)16(18,19)20/h5-8H,4H2,1-3H3. The molecule has 0 fully saturated rings. The van der Waals surface area contributed by atoms with Crippen molar-refractivity contribution in [2.24, 2.45) is 0 Å². The van der Waals surface area contributed by atoms with Crippen molar-refractivity contribution in [3.63, 3.8) is 0 Å². The molecule has 24 heavy (non-hydrogen) atoms. The highest BCUT2D eigenvalue weighted by Crippen LogP contribution is 2.34. The summed E-state index contributed by atoms with van der Waals surface area (Å²) < 4.78 is 58.6. The average Bonchev–Trinajstić information content (AvgIpc) is 2.52. The second-order valence-electron chi connectivity index (χ2n) is 5.37. The molecule has 0 aliphatic carbocycles. The maximum atomic E-state index is 13.8. The third-order valence-electron chi connectivity index (χ3n) is 3.90. The first-order valence-electron chi connectivity index (χ1n) is 7.15. The third-order valence-corrected chi connectivity index (χ3v) is 3.90. The van der Waals surface area contributed by atoms with Gasteiger partial charge in [0.15, 0.2) is 0 Å². The van der Waals surface area contributed by atoms with Crippen LogP contribution in [0.25, 0.3) is 10.9 Å². The number of alkyl halides is 3. The number of ether oxygens (including phenoxy) is 1. The van der Waals surface area contributed by atoms with Gasteiger partial charge in [-0.25, -0.2) is 9.18 Å². The van der Waals surface area contributed by atoms with E-state index in [9.17, 15) is 27.2 Å². The summed E-state index contributed by atoms with van der Waals surface area (Å²) in [5, 5.41) is -0.302. The van der Waals surface area contributed by atoms with Gasteiger partial charge in [-0.2, -0.15) is 13.2 Å². The van der Waals surface area contributed by atoms with Gasteiger partial charge >= 0.3 is 12.1 Å². The molecule has 8 heteroatoms. The van der Waals surface area contributed by atoms with E-state index in [-0.39, 0.29) is 22.5 Å². The molecule has 1 atom stereocenters. The highest BCUT2D eigenvalue weighted by Gasteiger charge is 2.35. The molecule has 2 rings (SSSR count). The van der Waals surface area contributed by atoms with Crippen LogP contribution in [-0.2, 0) is 10.9 Å². The first kappa shape index (κ1) is 18.0. The van der Waals surface area contributed by atoms with E-state index < -0.39 is 29.0 Å². The normalized spacial score (nSPS) is 13.1. The Labute approximate surface area is 134 Å². The smallest absolute Gasteiger partial charge is 0.419 e. The fourth-order valence-electron chi connectivity index (χ4n) is 2.40. The Morgan fingerprint density at radius 3 is 2.46 bits per heavy atom. The number of hydrogen-bond donors (Lipinski definition) is 0. The number of methoxy groups -OCH3 is 1. The van der Waals surface area contributed by atoms with Gasteiger partial charge in [0.05, 0.1) is 18.2 Å². The molecule has 2 aromatic rings. The van der Waals surface area contributed by atoms with E-state index in [0.717, 1.165) is 13.3 Å². The van der Waals surface area contributed by atoms with Gasteiger partial charge in [0.1, 0.15) is 11.4 Å². The van der Waals surface area contributed by atoms with Crippen molar-refractivity contribution in [3.8, 4) is 0 Å². The lowest BCUT2D eigenvalue weighted by atomic mass is 10.1. The number of nitrogens with zero attached hydrogens (tertiary/aromatic N) is 1. The minimum Gasteiger partial charge on any atom is -0.465 e. The summed E-state index contributed by atoms with van der Waals surface area (Å²) in [5.41, 5.74) is -2.78. The van der Waals surface area contributed by atoms with E-state index in [1.807, 2.05) is 0 Å². The molecule has 0 amide bonds. The number of carbonyl (C=O) groups is 1. The Morgan fingerprint density at radius 2 is 1.96 bits per heavy atom. The third kappa shape index (κ3) is 3.00. The van der Waals surface area contributed by atoms with Gasteiger partial charge in [-0.15, -0.1) is 0 Å². The zero-order valence-corrected chi connectivity index (χ0v) is 13.2. The molecule has 0 aliphatic heterocycles. The van der Waals surface area contributed by atoms with Crippen LogP contribution in [0, 0.1) is 5.82 Å². The minimum absolute atomic E-state index is 0.0873. The molecule has 0 saturated heterocycles. The Morgan fingerprint density at radius 1 is 1.33 bits per heavy atom. The molecule has 0 N–H and O–H groups in total. The van der Waals surface area contributed by atoms with Gasteiger partial charge in [-0.1, -0.05) is 6.92 Å². The van der Waals surface area contributed by atoms with Gasteiger partial charge < -0.3 is 9.30 Å². The second kappa shape index (κ2) is 6.26. The first-order valence-corrected chi connectivity index (χ1v) is 7.15. The van der Waals surface area contributed by atoms with Crippen LogP contribution in [0.1, 0.15) is 42.2 Å². The molecule has 1 heterocycles. The quantitative estimate of drug-likeness (QED) is 0.626. The number of fused-ring (bicyclic) bond motifs is 1. The van der Waals surface area contributed by atoms with E-state index >= 15 is 0 Å². The molecular formula is C16H15F4NO3. The Hall–Kier alpha value is -2.38. The van der Waals surface area contributed by atoms with Crippen LogP contribution in [0.4, 0.5) is 17.6 Å². The summed E-state index contributed by atoms with van der Waals surface area (Å²) in [6, 6.07) is 0.800. The Bertz CT molecular complexity index is 855. The van der Waals surface area contributed by atoms with Gasteiger partial charge in [0.25, 0.3) is 0 Å². The summed E-state index contributed by atoms with van der Waals surface area (Å²) in [4.78, 5) is 24.1. The number of rotatable bonds is 3. The van der Waals surface area contributed by atoms with Gasteiger partial charge in [-0.05, 0) is 25.5 Å². The van der Waals surface area contributed by atoms with Gasteiger partial charge in [-0.3, -0.25) is 4.79 Å². The van der Waals surface area contributed by atoms with Crippen molar-refractivity contribution < 1.29 is 27.1 Å². The zero-order chi connectivity index (χ0) is 18.2. The lowest BCUT2D eigenvalue weighted by Crippen LogP contribution is -2.22. The van der Waals surface area contributed by atoms with Crippen LogP contribution < -0.4 is 5.43 Å². The van der Waals surface area contributed by atoms with Crippen molar-refractivity contribution >= 4 is 16.9 Å². The van der Waals surface area contributed by atoms with Crippen molar-refractivity contribution in [2.75, 3.05) is 7.11 Å². The van der Waals surface area contributed by atoms with Crippen LogP contribution in [0.3, 0.4) is 0 Å². The number of esters is 1. The molecule has 0 spiro atoms. The fraction of sp³-hybridized carbons (Fsp3) is 0.375. The van der Waals surface area contributed by atoms with E-state index in [1.165, 1.54) is 4.57 Å². The Kier molecular flexibility index (Phi) is 4.68. The number of pyridine rings is 1. The van der Waals surface area contributed by atoms with Crippen molar-refractivity contribution in [1.82, 2.24) is 4.57 Å². The number of halogens is 4. The van der Waals surface area contributed by atoms with Crippen LogP contribution in [0.15, 0.2) is 23.1 Å². The maximum absolute atomic E-state index is 13.8. The van der Waals surface area contributed by atoms with Crippen molar-refractivity contribution in [3.05, 3.63) is 45.5 Å². The van der Waals surface area contributed by atoms with Gasteiger partial charge in [0, 0.05) is 17.6 Å². The number of hydrogen-bond acceptors (Lipinski definition) is 3. The molecule has 4 nitrogen and oxygen atoms in total. The van der Waals surface area contributed by atoms with Crippen LogP contribution in [0.5, 0.6) is 0 Å². The van der Waals surface area contributed by atoms with E-state index in [2.05, 4.69) is 4.74 Å². The second-order valence-corrected chi connectivity index (χ2v) is 5.37. The summed E-state index contributed by atoms with van der Waals surface area (Å²) in [7, 11) is 1.08. The fourth-order valence-corrected chi connectivity index (χ4v) is 2.40. The van der Waals surface area contributed by atoms with E-state index in [0.29, 0.717) is 18.6 Å². The molecule has 130 valence electrons. The summed E-state index contributed by atoms with van der Waals surface area (Å²) in [6.07, 6.45) is -3.21. The molecule has 1 unspecified atom stereocenters. The summed E-state index contributed by atoms with van der Waals surface area (Å²) >= 11 is 0. The van der Waals surface area contributed by atoms with Gasteiger partial charge in [0.2, 0.25) is 5.43 Å². The molecule has 0 saturated carbocycles. The predicted octanol–water partition coefficient (Wildman–Crippen LogP) is 3.92. The Balaban J connectivity index is 2.96. The number of benzene rings is 1. The van der Waals surface area contributed by atoms with Crippen molar-refractivity contribution in [1.29, 1.82) is 0 Å². The number of carbonyl (C=O) groups excluding carboxylic acids is 1.